The zero-order valence-electron chi connectivity index (χ0n) is 10.6. The zero-order chi connectivity index (χ0) is 12.5. The molecule has 0 aliphatic carbocycles. The van der Waals surface area contributed by atoms with Crippen LogP contribution in [0.4, 0.5) is 5.69 Å². The molecule has 3 rings (SSSR count). The average Bonchev–Trinajstić information content (AvgIpc) is 2.71. The van der Waals surface area contributed by atoms with Crippen molar-refractivity contribution in [3.8, 4) is 0 Å². The highest BCUT2D eigenvalue weighted by molar-refractivity contribution is 5.82. The molecule has 1 N–H and O–H groups in total. The molecule has 4 nitrogen and oxygen atoms in total. The van der Waals surface area contributed by atoms with Crippen LogP contribution in [0.1, 0.15) is 12.0 Å². The molecule has 2 heterocycles. The maximum absolute atomic E-state index is 11.8. The molecule has 1 aromatic rings. The van der Waals surface area contributed by atoms with Crippen molar-refractivity contribution in [3.63, 3.8) is 0 Å². The molecule has 2 unspecified atom stereocenters. The number of nitrogens with zero attached hydrogens (tertiary/aromatic N) is 1. The molecule has 2 atom stereocenters. The third-order valence-corrected chi connectivity index (χ3v) is 3.72. The Kier molecular flexibility index (Phi) is 2.96. The number of likely N-dealkylation sites (tertiary alicyclic amines) is 1. The number of fused-ring (bicyclic) bond motifs is 1. The highest BCUT2D eigenvalue weighted by Crippen LogP contribution is 2.24. The largest absolute Gasteiger partial charge is 0.382 e. The Morgan fingerprint density at radius 1 is 1.39 bits per heavy atom. The van der Waals surface area contributed by atoms with E-state index in [2.05, 4.69) is 17.4 Å². The summed E-state index contributed by atoms with van der Waals surface area (Å²) in [5.74, 6) is 0.119. The maximum Gasteiger partial charge on any atom is 0.251 e. The number of benzene rings is 1. The van der Waals surface area contributed by atoms with Crippen LogP contribution in [0.15, 0.2) is 24.3 Å². The Labute approximate surface area is 107 Å². The third-order valence-electron chi connectivity index (χ3n) is 3.72. The summed E-state index contributed by atoms with van der Waals surface area (Å²) in [7, 11) is 1.83. The van der Waals surface area contributed by atoms with E-state index >= 15 is 0 Å². The Bertz CT molecular complexity index is 461. The van der Waals surface area contributed by atoms with Gasteiger partial charge in [-0.15, -0.1) is 0 Å². The highest BCUT2D eigenvalue weighted by atomic mass is 16.5. The number of amides is 1. The van der Waals surface area contributed by atoms with E-state index < -0.39 is 0 Å². The van der Waals surface area contributed by atoms with E-state index in [9.17, 15) is 4.79 Å². The van der Waals surface area contributed by atoms with Crippen LogP contribution in [0.2, 0.25) is 0 Å². The van der Waals surface area contributed by atoms with Crippen molar-refractivity contribution < 1.29 is 9.53 Å². The lowest BCUT2D eigenvalue weighted by Crippen LogP contribution is -2.37. The Balaban J connectivity index is 1.65. The Morgan fingerprint density at radius 3 is 3.00 bits per heavy atom. The normalized spacial score (nSPS) is 26.9. The van der Waals surface area contributed by atoms with E-state index in [1.54, 1.807) is 4.90 Å². The quantitative estimate of drug-likeness (QED) is 0.854. The number of hydrogen-bond donors (Lipinski definition) is 1. The summed E-state index contributed by atoms with van der Waals surface area (Å²) in [6, 6.07) is 8.26. The molecular formula is C14H18N2O2. The van der Waals surface area contributed by atoms with E-state index in [4.69, 9.17) is 4.74 Å². The summed E-state index contributed by atoms with van der Waals surface area (Å²) >= 11 is 0. The molecule has 4 heteroatoms. The second-order valence-electron chi connectivity index (χ2n) is 5.04. The molecule has 0 bridgehead atoms. The SMILES string of the molecule is CN1CCC(OC2CNc3ccccc3C2)C1=O. The topological polar surface area (TPSA) is 41.6 Å². The van der Waals surface area contributed by atoms with Gasteiger partial charge >= 0.3 is 0 Å². The molecule has 0 spiro atoms. The lowest BCUT2D eigenvalue weighted by atomic mass is 10.0. The lowest BCUT2D eigenvalue weighted by Gasteiger charge is -2.28. The first kappa shape index (κ1) is 11.5. The lowest BCUT2D eigenvalue weighted by molar-refractivity contribution is -0.139. The average molecular weight is 246 g/mol. The summed E-state index contributed by atoms with van der Waals surface area (Å²) < 4.78 is 5.94. The van der Waals surface area contributed by atoms with Crippen molar-refractivity contribution in [2.24, 2.45) is 0 Å². The first-order chi connectivity index (χ1) is 8.74. The van der Waals surface area contributed by atoms with Gasteiger partial charge in [-0.2, -0.15) is 0 Å². The summed E-state index contributed by atoms with van der Waals surface area (Å²) in [6.45, 7) is 1.59. The van der Waals surface area contributed by atoms with Gasteiger partial charge in [0, 0.05) is 38.7 Å². The summed E-state index contributed by atoms with van der Waals surface area (Å²) in [5.41, 5.74) is 2.46. The molecule has 1 saturated heterocycles. The van der Waals surface area contributed by atoms with E-state index in [0.29, 0.717) is 0 Å². The van der Waals surface area contributed by atoms with E-state index in [1.807, 2.05) is 19.2 Å². The van der Waals surface area contributed by atoms with Crippen LogP contribution in [0.25, 0.3) is 0 Å². The van der Waals surface area contributed by atoms with Crippen molar-refractivity contribution in [3.05, 3.63) is 29.8 Å². The molecule has 0 saturated carbocycles. The van der Waals surface area contributed by atoms with Crippen LogP contribution in [0, 0.1) is 0 Å². The number of ether oxygens (including phenoxy) is 1. The molecule has 1 fully saturated rings. The van der Waals surface area contributed by atoms with Gasteiger partial charge in [-0.1, -0.05) is 18.2 Å². The van der Waals surface area contributed by atoms with Crippen LogP contribution in [0.3, 0.4) is 0 Å². The number of rotatable bonds is 2. The van der Waals surface area contributed by atoms with E-state index in [0.717, 1.165) is 25.9 Å². The van der Waals surface area contributed by atoms with Gasteiger partial charge in [0.25, 0.3) is 5.91 Å². The minimum atomic E-state index is -0.243. The zero-order valence-corrected chi connectivity index (χ0v) is 10.6. The highest BCUT2D eigenvalue weighted by Gasteiger charge is 2.32. The summed E-state index contributed by atoms with van der Waals surface area (Å²) in [5, 5.41) is 3.36. The monoisotopic (exact) mass is 246 g/mol. The fourth-order valence-corrected chi connectivity index (χ4v) is 2.66. The van der Waals surface area contributed by atoms with Gasteiger partial charge in [0.2, 0.25) is 0 Å². The fraction of sp³-hybridized carbons (Fsp3) is 0.500. The van der Waals surface area contributed by atoms with Gasteiger partial charge in [-0.3, -0.25) is 4.79 Å². The summed E-state index contributed by atoms with van der Waals surface area (Å²) in [6.07, 6.45) is 1.55. The smallest absolute Gasteiger partial charge is 0.251 e. The molecule has 0 aromatic heterocycles. The van der Waals surface area contributed by atoms with Gasteiger partial charge in [-0.25, -0.2) is 0 Å². The molecule has 0 radical (unpaired) electrons. The van der Waals surface area contributed by atoms with Crippen molar-refractivity contribution in [1.29, 1.82) is 0 Å². The summed E-state index contributed by atoms with van der Waals surface area (Å²) in [4.78, 5) is 13.5. The van der Waals surface area contributed by atoms with Crippen LogP contribution >= 0.6 is 0 Å². The second kappa shape index (κ2) is 4.61. The fourth-order valence-electron chi connectivity index (χ4n) is 2.66. The second-order valence-corrected chi connectivity index (χ2v) is 5.04. The molecule has 1 amide bonds. The Morgan fingerprint density at radius 2 is 2.22 bits per heavy atom. The van der Waals surface area contributed by atoms with Gasteiger partial charge < -0.3 is 15.0 Å². The predicted molar refractivity (Wildman–Crippen MR) is 69.6 cm³/mol. The number of carbonyl (C=O) groups is 1. The number of likely N-dealkylation sites (N-methyl/N-ethyl adjacent to an activating group) is 1. The molecule has 18 heavy (non-hydrogen) atoms. The van der Waals surface area contributed by atoms with Crippen molar-refractivity contribution in [2.45, 2.75) is 25.0 Å². The van der Waals surface area contributed by atoms with Crippen molar-refractivity contribution in [2.75, 3.05) is 25.5 Å². The van der Waals surface area contributed by atoms with Crippen LogP contribution in [0.5, 0.6) is 0 Å². The minimum Gasteiger partial charge on any atom is -0.382 e. The van der Waals surface area contributed by atoms with Gasteiger partial charge in [0.15, 0.2) is 0 Å². The molecular weight excluding hydrogens is 228 g/mol. The van der Waals surface area contributed by atoms with Crippen molar-refractivity contribution >= 4 is 11.6 Å². The third kappa shape index (κ3) is 2.08. The van der Waals surface area contributed by atoms with Crippen LogP contribution < -0.4 is 5.32 Å². The first-order valence-corrected chi connectivity index (χ1v) is 6.46. The number of para-hydroxylation sites is 1. The van der Waals surface area contributed by atoms with Gasteiger partial charge in [-0.05, 0) is 11.6 Å². The van der Waals surface area contributed by atoms with Crippen LogP contribution in [-0.4, -0.2) is 43.2 Å². The minimum absolute atomic E-state index is 0.0975. The predicted octanol–water partition coefficient (Wildman–Crippen LogP) is 1.27. The van der Waals surface area contributed by atoms with E-state index in [1.165, 1.54) is 11.3 Å². The number of anilines is 1. The number of carbonyl (C=O) groups excluding carboxylic acids is 1. The Hall–Kier alpha value is -1.55. The first-order valence-electron chi connectivity index (χ1n) is 6.46. The van der Waals surface area contributed by atoms with Crippen LogP contribution in [-0.2, 0) is 16.0 Å². The molecule has 1 aromatic carbocycles. The van der Waals surface area contributed by atoms with E-state index in [-0.39, 0.29) is 18.1 Å². The van der Waals surface area contributed by atoms with Crippen molar-refractivity contribution in [1.82, 2.24) is 4.90 Å². The molecule has 96 valence electrons. The molecule has 2 aliphatic heterocycles. The standard InChI is InChI=1S/C14H18N2O2/c1-16-7-6-13(14(16)17)18-11-8-10-4-2-3-5-12(10)15-9-11/h2-5,11,13,15H,6-9H2,1H3. The van der Waals surface area contributed by atoms with Gasteiger partial charge in [0.1, 0.15) is 6.10 Å². The number of nitrogens with one attached hydrogen (secondary N) is 1. The van der Waals surface area contributed by atoms with Gasteiger partial charge in [0.05, 0.1) is 6.10 Å². The maximum atomic E-state index is 11.8. The molecule has 2 aliphatic rings. The number of hydrogen-bond acceptors (Lipinski definition) is 3.